The first-order valence-corrected chi connectivity index (χ1v) is 6.94. The summed E-state index contributed by atoms with van der Waals surface area (Å²) in [5, 5.41) is 0. The summed E-state index contributed by atoms with van der Waals surface area (Å²) < 4.78 is 11.1. The zero-order chi connectivity index (χ0) is 13.1. The summed E-state index contributed by atoms with van der Waals surface area (Å²) >= 11 is 3.66. The van der Waals surface area contributed by atoms with Gasteiger partial charge < -0.3 is 9.15 Å². The van der Waals surface area contributed by atoms with E-state index in [9.17, 15) is 0 Å². The van der Waals surface area contributed by atoms with E-state index >= 15 is 0 Å². The van der Waals surface area contributed by atoms with E-state index in [1.54, 1.807) is 6.26 Å². The van der Waals surface area contributed by atoms with Crippen molar-refractivity contribution in [1.29, 1.82) is 0 Å². The Morgan fingerprint density at radius 1 is 1.11 bits per heavy atom. The third-order valence-electron chi connectivity index (χ3n) is 2.68. The number of ether oxygens (including phenoxy) is 1. The van der Waals surface area contributed by atoms with Crippen LogP contribution in [0, 0.1) is 6.92 Å². The van der Waals surface area contributed by atoms with Gasteiger partial charge in [-0.15, -0.1) is 0 Å². The summed E-state index contributed by atoms with van der Waals surface area (Å²) in [4.78, 5) is 0.0839. The molecular weight excluding hydrogens is 292 g/mol. The Labute approximate surface area is 116 Å². The lowest BCUT2D eigenvalue weighted by molar-refractivity contribution is 0.242. The van der Waals surface area contributed by atoms with Crippen LogP contribution in [0.1, 0.15) is 35.6 Å². The number of benzene rings is 1. The van der Waals surface area contributed by atoms with Crippen molar-refractivity contribution in [2.45, 2.75) is 31.7 Å². The van der Waals surface area contributed by atoms with Gasteiger partial charge in [0.1, 0.15) is 11.5 Å². The SMILES string of the molecule is Cc1ccoc1C(Br)c1ccc(OC(C)C)cc1. The fourth-order valence-electron chi connectivity index (χ4n) is 1.78. The van der Waals surface area contributed by atoms with Crippen LogP contribution < -0.4 is 4.74 Å². The molecule has 2 rings (SSSR count). The molecule has 96 valence electrons. The third kappa shape index (κ3) is 2.96. The smallest absolute Gasteiger partial charge is 0.124 e. The quantitative estimate of drug-likeness (QED) is 0.753. The van der Waals surface area contributed by atoms with Crippen molar-refractivity contribution in [2.75, 3.05) is 0 Å². The van der Waals surface area contributed by atoms with Crippen LogP contribution in [-0.2, 0) is 0 Å². The number of rotatable bonds is 4. The summed E-state index contributed by atoms with van der Waals surface area (Å²) in [6.07, 6.45) is 1.91. The Hall–Kier alpha value is -1.22. The highest BCUT2D eigenvalue weighted by molar-refractivity contribution is 9.09. The molecule has 1 aromatic carbocycles. The molecule has 0 amide bonds. The van der Waals surface area contributed by atoms with Crippen molar-refractivity contribution < 1.29 is 9.15 Å². The molecule has 1 atom stereocenters. The molecule has 0 saturated heterocycles. The average Bonchev–Trinajstić information content (AvgIpc) is 2.75. The maximum absolute atomic E-state index is 5.62. The van der Waals surface area contributed by atoms with Gasteiger partial charge in [-0.05, 0) is 50.1 Å². The lowest BCUT2D eigenvalue weighted by Crippen LogP contribution is -2.05. The summed E-state index contributed by atoms with van der Waals surface area (Å²) in [6, 6.07) is 10.1. The third-order valence-corrected chi connectivity index (χ3v) is 3.62. The van der Waals surface area contributed by atoms with Crippen molar-refractivity contribution in [3.8, 4) is 5.75 Å². The molecular formula is C15H17BrO2. The van der Waals surface area contributed by atoms with E-state index in [1.165, 1.54) is 0 Å². The predicted octanol–water partition coefficient (Wildman–Crippen LogP) is 4.86. The van der Waals surface area contributed by atoms with Crippen molar-refractivity contribution in [2.24, 2.45) is 0 Å². The van der Waals surface area contributed by atoms with Crippen LogP contribution in [-0.4, -0.2) is 6.10 Å². The van der Waals surface area contributed by atoms with E-state index in [-0.39, 0.29) is 10.9 Å². The van der Waals surface area contributed by atoms with Crippen molar-refractivity contribution in [1.82, 2.24) is 0 Å². The van der Waals surface area contributed by atoms with Gasteiger partial charge >= 0.3 is 0 Å². The van der Waals surface area contributed by atoms with E-state index < -0.39 is 0 Å². The molecule has 2 nitrogen and oxygen atoms in total. The molecule has 0 aliphatic heterocycles. The molecule has 0 radical (unpaired) electrons. The molecule has 2 aromatic rings. The van der Waals surface area contributed by atoms with E-state index in [2.05, 4.69) is 28.1 Å². The van der Waals surface area contributed by atoms with Gasteiger partial charge in [-0.25, -0.2) is 0 Å². The van der Waals surface area contributed by atoms with Crippen molar-refractivity contribution >= 4 is 15.9 Å². The van der Waals surface area contributed by atoms with Gasteiger partial charge in [-0.3, -0.25) is 0 Å². The molecule has 0 fully saturated rings. The van der Waals surface area contributed by atoms with Gasteiger partial charge in [0.2, 0.25) is 0 Å². The summed E-state index contributed by atoms with van der Waals surface area (Å²) in [7, 11) is 0. The maximum Gasteiger partial charge on any atom is 0.124 e. The molecule has 1 aromatic heterocycles. The highest BCUT2D eigenvalue weighted by atomic mass is 79.9. The second-order valence-electron chi connectivity index (χ2n) is 4.57. The molecule has 1 heterocycles. The molecule has 18 heavy (non-hydrogen) atoms. The molecule has 0 aliphatic carbocycles. The number of hydrogen-bond acceptors (Lipinski definition) is 2. The van der Waals surface area contributed by atoms with Crippen LogP contribution in [0.3, 0.4) is 0 Å². The largest absolute Gasteiger partial charge is 0.491 e. The average molecular weight is 309 g/mol. The minimum absolute atomic E-state index is 0.0839. The molecule has 0 saturated carbocycles. The molecule has 0 N–H and O–H groups in total. The fraction of sp³-hybridized carbons (Fsp3) is 0.333. The summed E-state index contributed by atoms with van der Waals surface area (Å²) in [5.41, 5.74) is 2.31. The standard InChI is InChI=1S/C15H17BrO2/c1-10(2)18-13-6-4-12(5-7-13)14(16)15-11(3)8-9-17-15/h4-10,14H,1-3H3. The zero-order valence-electron chi connectivity index (χ0n) is 10.8. The Morgan fingerprint density at radius 2 is 1.78 bits per heavy atom. The van der Waals surface area contributed by atoms with Crippen LogP contribution in [0.4, 0.5) is 0 Å². The van der Waals surface area contributed by atoms with Gasteiger partial charge in [-0.1, -0.05) is 28.1 Å². The Bertz CT molecular complexity index is 499. The zero-order valence-corrected chi connectivity index (χ0v) is 12.4. The number of furan rings is 1. The molecule has 3 heteroatoms. The molecule has 1 unspecified atom stereocenters. The highest BCUT2D eigenvalue weighted by Gasteiger charge is 2.15. The van der Waals surface area contributed by atoms with Gasteiger partial charge in [0.15, 0.2) is 0 Å². The van der Waals surface area contributed by atoms with Gasteiger partial charge in [0.25, 0.3) is 0 Å². The number of aryl methyl sites for hydroxylation is 1. The molecule has 0 bridgehead atoms. The van der Waals surface area contributed by atoms with Crippen molar-refractivity contribution in [3.05, 3.63) is 53.5 Å². The van der Waals surface area contributed by atoms with Crippen LogP contribution in [0.25, 0.3) is 0 Å². The van der Waals surface area contributed by atoms with E-state index in [0.29, 0.717) is 0 Å². The molecule has 0 aliphatic rings. The van der Waals surface area contributed by atoms with Crippen LogP contribution in [0.2, 0.25) is 0 Å². The number of hydrogen-bond donors (Lipinski definition) is 0. The highest BCUT2D eigenvalue weighted by Crippen LogP contribution is 2.34. The Kier molecular flexibility index (Phi) is 4.12. The topological polar surface area (TPSA) is 22.4 Å². The van der Waals surface area contributed by atoms with E-state index in [0.717, 1.165) is 22.6 Å². The number of alkyl halides is 1. The Morgan fingerprint density at radius 3 is 2.28 bits per heavy atom. The predicted molar refractivity (Wildman–Crippen MR) is 76.4 cm³/mol. The van der Waals surface area contributed by atoms with Gasteiger partial charge in [0, 0.05) is 0 Å². The first-order valence-electron chi connectivity index (χ1n) is 6.02. The maximum atomic E-state index is 5.62. The van der Waals surface area contributed by atoms with E-state index in [1.807, 2.05) is 39.0 Å². The van der Waals surface area contributed by atoms with Crippen LogP contribution in [0.15, 0.2) is 41.0 Å². The second-order valence-corrected chi connectivity index (χ2v) is 5.48. The second kappa shape index (κ2) is 5.61. The number of halogens is 1. The lowest BCUT2D eigenvalue weighted by atomic mass is 10.1. The monoisotopic (exact) mass is 308 g/mol. The van der Waals surface area contributed by atoms with Crippen LogP contribution in [0.5, 0.6) is 5.75 Å². The lowest BCUT2D eigenvalue weighted by Gasteiger charge is -2.12. The summed E-state index contributed by atoms with van der Waals surface area (Å²) in [5.74, 6) is 1.84. The van der Waals surface area contributed by atoms with Crippen molar-refractivity contribution in [3.63, 3.8) is 0 Å². The first-order chi connectivity index (χ1) is 8.58. The van der Waals surface area contributed by atoms with E-state index in [4.69, 9.17) is 9.15 Å². The first kappa shape index (κ1) is 13.2. The molecule has 0 spiro atoms. The fourth-order valence-corrected chi connectivity index (χ4v) is 2.56. The van der Waals surface area contributed by atoms with Crippen LogP contribution >= 0.6 is 15.9 Å². The van der Waals surface area contributed by atoms with Gasteiger partial charge in [0.05, 0.1) is 17.2 Å². The normalized spacial score (nSPS) is 12.7. The Balaban J connectivity index is 2.17. The minimum atomic E-state index is 0.0839. The summed E-state index contributed by atoms with van der Waals surface area (Å²) in [6.45, 7) is 6.09. The van der Waals surface area contributed by atoms with Gasteiger partial charge in [-0.2, -0.15) is 0 Å². The minimum Gasteiger partial charge on any atom is -0.491 e.